The van der Waals surface area contributed by atoms with Gasteiger partial charge in [0, 0.05) is 19.3 Å². The lowest BCUT2D eigenvalue weighted by molar-refractivity contribution is 0.549. The van der Waals surface area contributed by atoms with E-state index in [-0.39, 0.29) is 0 Å². The second kappa shape index (κ2) is 4.32. The van der Waals surface area contributed by atoms with Crippen molar-refractivity contribution in [2.75, 3.05) is 12.4 Å². The van der Waals surface area contributed by atoms with E-state index in [1.165, 1.54) is 0 Å². The second-order valence-corrected chi connectivity index (χ2v) is 4.32. The van der Waals surface area contributed by atoms with Gasteiger partial charge in [0.15, 0.2) is 16.3 Å². The summed E-state index contributed by atoms with van der Waals surface area (Å²) in [5, 5.41) is 2.94. The fraction of sp³-hybridized carbons (Fsp3) is 0.111. The molecule has 6 heteroatoms. The first-order chi connectivity index (χ1) is 7.20. The van der Waals surface area contributed by atoms with Crippen LogP contribution in [0.2, 0.25) is 0 Å². The number of rotatable bonds is 2. The monoisotopic (exact) mass is 331 g/mol. The first-order valence-corrected chi connectivity index (χ1v) is 5.75. The fourth-order valence-corrected chi connectivity index (χ4v) is 1.65. The highest BCUT2D eigenvalue weighted by Crippen LogP contribution is 2.31. The van der Waals surface area contributed by atoms with Crippen molar-refractivity contribution in [3.05, 3.63) is 27.5 Å². The number of aromatic nitrogens is 2. The van der Waals surface area contributed by atoms with Crippen molar-refractivity contribution in [1.82, 2.24) is 9.97 Å². The molecular weight excluding hydrogens is 326 g/mol. The molecule has 78 valence electrons. The van der Waals surface area contributed by atoms with Gasteiger partial charge in [0.1, 0.15) is 5.82 Å². The summed E-state index contributed by atoms with van der Waals surface area (Å²) in [7, 11) is 1.81. The quantitative estimate of drug-likeness (QED) is 0.916. The summed E-state index contributed by atoms with van der Waals surface area (Å²) < 4.78 is 6.90. The molecule has 0 aliphatic carbocycles. The molecule has 0 aromatic carbocycles. The largest absolute Gasteiger partial charge is 0.445 e. The SMILES string of the molecule is CNc1ccnc(-c2cc(Br)c(Br)o2)n1. The molecule has 2 aromatic heterocycles. The van der Waals surface area contributed by atoms with Crippen molar-refractivity contribution in [2.24, 2.45) is 0 Å². The Hall–Kier alpha value is -0.880. The zero-order valence-corrected chi connectivity index (χ0v) is 11.0. The molecule has 4 nitrogen and oxygen atoms in total. The second-order valence-electron chi connectivity index (χ2n) is 2.75. The van der Waals surface area contributed by atoms with Crippen molar-refractivity contribution in [1.29, 1.82) is 0 Å². The third-order valence-electron chi connectivity index (χ3n) is 1.78. The molecule has 2 heterocycles. The maximum absolute atomic E-state index is 5.42. The van der Waals surface area contributed by atoms with E-state index in [9.17, 15) is 0 Å². The molecule has 0 radical (unpaired) electrons. The summed E-state index contributed by atoms with van der Waals surface area (Å²) in [4.78, 5) is 8.38. The van der Waals surface area contributed by atoms with Crippen molar-refractivity contribution >= 4 is 37.7 Å². The molecule has 0 bridgehead atoms. The van der Waals surface area contributed by atoms with Gasteiger partial charge in [0.2, 0.25) is 0 Å². The number of anilines is 1. The van der Waals surface area contributed by atoms with Crippen LogP contribution < -0.4 is 5.32 Å². The van der Waals surface area contributed by atoms with E-state index in [0.29, 0.717) is 16.3 Å². The smallest absolute Gasteiger partial charge is 0.197 e. The van der Waals surface area contributed by atoms with Crippen LogP contribution in [0.1, 0.15) is 0 Å². The van der Waals surface area contributed by atoms with Crippen LogP contribution in [0.5, 0.6) is 0 Å². The average molecular weight is 333 g/mol. The normalized spacial score (nSPS) is 10.3. The van der Waals surface area contributed by atoms with Gasteiger partial charge >= 0.3 is 0 Å². The van der Waals surface area contributed by atoms with E-state index in [1.807, 2.05) is 6.07 Å². The van der Waals surface area contributed by atoms with Crippen molar-refractivity contribution in [3.8, 4) is 11.6 Å². The summed E-state index contributed by atoms with van der Waals surface area (Å²) in [6.45, 7) is 0. The Morgan fingerprint density at radius 1 is 1.40 bits per heavy atom. The van der Waals surface area contributed by atoms with Crippen LogP contribution >= 0.6 is 31.9 Å². The Kier molecular flexibility index (Phi) is 3.06. The minimum Gasteiger partial charge on any atom is -0.445 e. The van der Waals surface area contributed by atoms with Gasteiger partial charge in [-0.05, 0) is 37.9 Å². The van der Waals surface area contributed by atoms with Crippen LogP contribution in [-0.4, -0.2) is 17.0 Å². The number of hydrogen-bond acceptors (Lipinski definition) is 4. The van der Waals surface area contributed by atoms with Gasteiger partial charge in [-0.1, -0.05) is 0 Å². The van der Waals surface area contributed by atoms with E-state index >= 15 is 0 Å². The standard InChI is InChI=1S/C9H7Br2N3O/c1-12-7-2-3-13-9(14-7)6-4-5(10)8(11)15-6/h2-4H,1H3,(H,12,13,14). The molecule has 0 saturated carbocycles. The van der Waals surface area contributed by atoms with Gasteiger partial charge in [0.05, 0.1) is 4.47 Å². The van der Waals surface area contributed by atoms with Gasteiger partial charge in [-0.3, -0.25) is 0 Å². The molecule has 0 spiro atoms. The van der Waals surface area contributed by atoms with Gasteiger partial charge in [-0.2, -0.15) is 0 Å². The van der Waals surface area contributed by atoms with E-state index in [1.54, 1.807) is 19.3 Å². The Morgan fingerprint density at radius 3 is 2.80 bits per heavy atom. The van der Waals surface area contributed by atoms with E-state index in [2.05, 4.69) is 47.1 Å². The van der Waals surface area contributed by atoms with Gasteiger partial charge in [-0.15, -0.1) is 0 Å². The number of halogens is 2. The lowest BCUT2D eigenvalue weighted by atomic mass is 10.4. The first-order valence-electron chi connectivity index (χ1n) is 4.16. The van der Waals surface area contributed by atoms with Gasteiger partial charge in [-0.25, -0.2) is 9.97 Å². The van der Waals surface area contributed by atoms with E-state index < -0.39 is 0 Å². The maximum Gasteiger partial charge on any atom is 0.197 e. The van der Waals surface area contributed by atoms with E-state index in [4.69, 9.17) is 4.42 Å². The minimum absolute atomic E-state index is 0.549. The third kappa shape index (κ3) is 2.21. The van der Waals surface area contributed by atoms with Crippen LogP contribution in [0.15, 0.2) is 31.9 Å². The third-order valence-corrected chi connectivity index (χ3v) is 3.49. The first kappa shape index (κ1) is 10.6. The van der Waals surface area contributed by atoms with Crippen LogP contribution in [0.3, 0.4) is 0 Å². The Balaban J connectivity index is 2.44. The molecule has 0 amide bonds. The van der Waals surface area contributed by atoms with Crippen molar-refractivity contribution < 1.29 is 4.42 Å². The highest BCUT2D eigenvalue weighted by molar-refractivity contribution is 9.13. The fourth-order valence-electron chi connectivity index (χ4n) is 1.07. The molecule has 0 atom stereocenters. The summed E-state index contributed by atoms with van der Waals surface area (Å²) in [5.74, 6) is 1.92. The maximum atomic E-state index is 5.42. The molecule has 15 heavy (non-hydrogen) atoms. The van der Waals surface area contributed by atoms with Gasteiger partial charge < -0.3 is 9.73 Å². The Morgan fingerprint density at radius 2 is 2.20 bits per heavy atom. The van der Waals surface area contributed by atoms with Crippen molar-refractivity contribution in [3.63, 3.8) is 0 Å². The minimum atomic E-state index is 0.549. The molecule has 0 unspecified atom stereocenters. The lowest BCUT2D eigenvalue weighted by Gasteiger charge is -1.99. The summed E-state index contributed by atoms with van der Waals surface area (Å²) in [5.41, 5.74) is 0. The number of furan rings is 1. The van der Waals surface area contributed by atoms with Crippen LogP contribution in [0.25, 0.3) is 11.6 Å². The highest BCUT2D eigenvalue weighted by Gasteiger charge is 2.10. The average Bonchev–Trinajstić information content (AvgIpc) is 2.59. The summed E-state index contributed by atoms with van der Waals surface area (Å²) in [6, 6.07) is 3.61. The molecule has 2 rings (SSSR count). The predicted octanol–water partition coefficient (Wildman–Crippen LogP) is 3.30. The van der Waals surface area contributed by atoms with Gasteiger partial charge in [0.25, 0.3) is 0 Å². The van der Waals surface area contributed by atoms with Crippen LogP contribution in [0.4, 0.5) is 5.82 Å². The molecule has 0 aliphatic rings. The number of nitrogens with one attached hydrogen (secondary N) is 1. The molecular formula is C9H7Br2N3O. The number of nitrogens with zero attached hydrogens (tertiary/aromatic N) is 2. The molecule has 0 aliphatic heterocycles. The predicted molar refractivity (Wildman–Crippen MR) is 64.7 cm³/mol. The molecule has 0 saturated heterocycles. The molecule has 1 N–H and O–H groups in total. The Labute approximate surface area is 103 Å². The van der Waals surface area contributed by atoms with Crippen LogP contribution in [-0.2, 0) is 0 Å². The summed E-state index contributed by atoms with van der Waals surface area (Å²) in [6.07, 6.45) is 1.68. The van der Waals surface area contributed by atoms with Crippen LogP contribution in [0, 0.1) is 0 Å². The Bertz CT molecular complexity index is 464. The topological polar surface area (TPSA) is 51.0 Å². The molecule has 0 fully saturated rings. The molecule has 2 aromatic rings. The van der Waals surface area contributed by atoms with E-state index in [0.717, 1.165) is 10.3 Å². The summed E-state index contributed by atoms with van der Waals surface area (Å²) >= 11 is 6.60. The number of hydrogen-bond donors (Lipinski definition) is 1. The van der Waals surface area contributed by atoms with Crippen molar-refractivity contribution in [2.45, 2.75) is 0 Å². The zero-order valence-electron chi connectivity index (χ0n) is 7.79. The zero-order chi connectivity index (χ0) is 10.8. The highest BCUT2D eigenvalue weighted by atomic mass is 79.9. The lowest BCUT2D eigenvalue weighted by Crippen LogP contribution is -1.94.